The molecule has 1 aromatic carbocycles. The molecule has 27 heavy (non-hydrogen) atoms. The number of piperazine rings is 1. The number of β-amino-alcohol motifs (C(OH)–C–C–N with tert-alkyl or cyclic N) is 1. The number of hydrogen-bond donors (Lipinski definition) is 1. The first-order valence-corrected chi connectivity index (χ1v) is 9.94. The van der Waals surface area contributed by atoms with Gasteiger partial charge in [-0.15, -0.1) is 0 Å². The molecule has 0 unspecified atom stereocenters. The first-order chi connectivity index (χ1) is 13.0. The second-order valence-corrected chi connectivity index (χ2v) is 8.20. The molecule has 2 aliphatic rings. The molecular formula is C21H31N5O. The SMILES string of the molecule is Cc1cc(C)c(CN2C[C@H](O)[C@@H](N3CCN(C)CC3)C2)c(-n2cccn2)c1. The smallest absolute Gasteiger partial charge is 0.0834 e. The van der Waals surface area contributed by atoms with Gasteiger partial charge in [-0.3, -0.25) is 9.80 Å². The Balaban J connectivity index is 1.52. The maximum Gasteiger partial charge on any atom is 0.0834 e. The molecule has 2 aromatic rings. The van der Waals surface area contributed by atoms with Gasteiger partial charge in [-0.25, -0.2) is 4.68 Å². The summed E-state index contributed by atoms with van der Waals surface area (Å²) >= 11 is 0. The lowest BCUT2D eigenvalue weighted by Gasteiger charge is -2.37. The second-order valence-electron chi connectivity index (χ2n) is 8.20. The van der Waals surface area contributed by atoms with Gasteiger partial charge in [0.15, 0.2) is 0 Å². The van der Waals surface area contributed by atoms with Crippen molar-refractivity contribution in [3.05, 3.63) is 47.3 Å². The number of benzene rings is 1. The van der Waals surface area contributed by atoms with E-state index < -0.39 is 0 Å². The van der Waals surface area contributed by atoms with E-state index in [9.17, 15) is 5.11 Å². The highest BCUT2D eigenvalue weighted by Gasteiger charge is 2.36. The second kappa shape index (κ2) is 7.72. The summed E-state index contributed by atoms with van der Waals surface area (Å²) in [4.78, 5) is 7.24. The van der Waals surface area contributed by atoms with E-state index in [2.05, 4.69) is 52.8 Å². The molecule has 3 heterocycles. The van der Waals surface area contributed by atoms with E-state index in [1.54, 1.807) is 0 Å². The van der Waals surface area contributed by atoms with Crippen molar-refractivity contribution in [2.45, 2.75) is 32.5 Å². The molecule has 0 aliphatic carbocycles. The monoisotopic (exact) mass is 369 g/mol. The van der Waals surface area contributed by atoms with E-state index in [0.29, 0.717) is 0 Å². The van der Waals surface area contributed by atoms with Crippen LogP contribution in [0.2, 0.25) is 0 Å². The summed E-state index contributed by atoms with van der Waals surface area (Å²) in [5.74, 6) is 0. The fraction of sp³-hybridized carbons (Fsp3) is 0.571. The lowest BCUT2D eigenvalue weighted by Crippen LogP contribution is -2.52. The van der Waals surface area contributed by atoms with E-state index in [-0.39, 0.29) is 12.1 Å². The Morgan fingerprint density at radius 2 is 1.89 bits per heavy atom. The quantitative estimate of drug-likeness (QED) is 0.880. The molecule has 0 saturated carbocycles. The van der Waals surface area contributed by atoms with Gasteiger partial charge in [0.05, 0.1) is 11.8 Å². The van der Waals surface area contributed by atoms with Crippen molar-refractivity contribution in [2.24, 2.45) is 0 Å². The van der Waals surface area contributed by atoms with Gasteiger partial charge < -0.3 is 10.0 Å². The summed E-state index contributed by atoms with van der Waals surface area (Å²) in [7, 11) is 2.17. The molecule has 4 rings (SSSR count). The lowest BCUT2D eigenvalue weighted by atomic mass is 10.0. The number of likely N-dealkylation sites (tertiary alicyclic amines) is 1. The van der Waals surface area contributed by atoms with Crippen LogP contribution < -0.4 is 0 Å². The Morgan fingerprint density at radius 3 is 2.59 bits per heavy atom. The minimum atomic E-state index is -0.271. The van der Waals surface area contributed by atoms with Crippen LogP contribution in [-0.2, 0) is 6.54 Å². The van der Waals surface area contributed by atoms with Gasteiger partial charge in [-0.2, -0.15) is 5.10 Å². The van der Waals surface area contributed by atoms with Crippen LogP contribution in [0, 0.1) is 13.8 Å². The molecule has 2 atom stereocenters. The van der Waals surface area contributed by atoms with Gasteiger partial charge in [-0.1, -0.05) is 6.07 Å². The Hall–Kier alpha value is -1.73. The van der Waals surface area contributed by atoms with Crippen molar-refractivity contribution in [3.63, 3.8) is 0 Å². The molecule has 0 radical (unpaired) electrons. The fourth-order valence-corrected chi connectivity index (χ4v) is 4.51. The number of aromatic nitrogens is 2. The van der Waals surface area contributed by atoms with Crippen molar-refractivity contribution in [3.8, 4) is 5.69 Å². The van der Waals surface area contributed by atoms with Crippen molar-refractivity contribution < 1.29 is 5.11 Å². The van der Waals surface area contributed by atoms with Gasteiger partial charge in [0.2, 0.25) is 0 Å². The van der Waals surface area contributed by atoms with E-state index in [4.69, 9.17) is 0 Å². The molecular weight excluding hydrogens is 338 g/mol. The van der Waals surface area contributed by atoms with Gasteiger partial charge in [0, 0.05) is 64.2 Å². The molecule has 6 nitrogen and oxygen atoms in total. The third-order valence-electron chi connectivity index (χ3n) is 6.07. The third kappa shape index (κ3) is 3.94. The summed E-state index contributed by atoms with van der Waals surface area (Å²) in [6.07, 6.45) is 3.56. The van der Waals surface area contributed by atoms with Crippen LogP contribution in [0.15, 0.2) is 30.6 Å². The Bertz CT molecular complexity index is 767. The van der Waals surface area contributed by atoms with E-state index >= 15 is 0 Å². The van der Waals surface area contributed by atoms with Crippen LogP contribution in [0.1, 0.15) is 16.7 Å². The van der Waals surface area contributed by atoms with Crippen molar-refractivity contribution >= 4 is 0 Å². The molecule has 0 spiro atoms. The lowest BCUT2D eigenvalue weighted by molar-refractivity contribution is 0.0512. The van der Waals surface area contributed by atoms with E-state index in [0.717, 1.165) is 51.5 Å². The number of hydrogen-bond acceptors (Lipinski definition) is 5. The first kappa shape index (κ1) is 18.6. The van der Waals surface area contributed by atoms with Gasteiger partial charge >= 0.3 is 0 Å². The minimum absolute atomic E-state index is 0.248. The van der Waals surface area contributed by atoms with Crippen LogP contribution in [0.4, 0.5) is 0 Å². The van der Waals surface area contributed by atoms with Gasteiger partial charge in [-0.05, 0) is 49.7 Å². The molecule has 0 amide bonds. The molecule has 1 aromatic heterocycles. The normalized spacial score (nSPS) is 25.3. The summed E-state index contributed by atoms with van der Waals surface area (Å²) in [6, 6.07) is 6.66. The Morgan fingerprint density at radius 1 is 1.11 bits per heavy atom. The average Bonchev–Trinajstić information content (AvgIpc) is 3.28. The van der Waals surface area contributed by atoms with Gasteiger partial charge in [0.1, 0.15) is 0 Å². The highest BCUT2D eigenvalue weighted by molar-refractivity contribution is 5.48. The predicted molar refractivity (Wildman–Crippen MR) is 107 cm³/mol. The van der Waals surface area contributed by atoms with Crippen LogP contribution >= 0.6 is 0 Å². The molecule has 0 bridgehead atoms. The van der Waals surface area contributed by atoms with Crippen LogP contribution in [-0.4, -0.2) is 88.0 Å². The largest absolute Gasteiger partial charge is 0.390 e. The molecule has 2 saturated heterocycles. The summed E-state index contributed by atoms with van der Waals surface area (Å²) < 4.78 is 1.96. The number of aryl methyl sites for hydroxylation is 2. The number of aliphatic hydroxyl groups excluding tert-OH is 1. The fourth-order valence-electron chi connectivity index (χ4n) is 4.51. The molecule has 2 aliphatic heterocycles. The third-order valence-corrected chi connectivity index (χ3v) is 6.07. The highest BCUT2D eigenvalue weighted by Crippen LogP contribution is 2.26. The number of likely N-dealkylation sites (N-methyl/N-ethyl adjacent to an activating group) is 1. The van der Waals surface area contributed by atoms with Crippen LogP contribution in [0.5, 0.6) is 0 Å². The number of nitrogens with zero attached hydrogens (tertiary/aromatic N) is 5. The minimum Gasteiger partial charge on any atom is -0.390 e. The number of aliphatic hydroxyl groups is 1. The van der Waals surface area contributed by atoms with Crippen LogP contribution in [0.3, 0.4) is 0 Å². The molecule has 1 N–H and O–H groups in total. The maximum atomic E-state index is 10.7. The summed E-state index contributed by atoms with van der Waals surface area (Å²) in [6.45, 7) is 11.1. The Labute approximate surface area is 162 Å². The molecule has 2 fully saturated rings. The summed E-state index contributed by atoms with van der Waals surface area (Å²) in [5, 5.41) is 15.2. The molecule has 6 heteroatoms. The zero-order valence-electron chi connectivity index (χ0n) is 16.7. The van der Waals surface area contributed by atoms with Crippen molar-refractivity contribution in [2.75, 3.05) is 46.3 Å². The Kier molecular flexibility index (Phi) is 5.32. The summed E-state index contributed by atoms with van der Waals surface area (Å²) in [5.41, 5.74) is 4.99. The standard InChI is InChI=1S/C21H31N5O/c1-16-11-17(2)18(19(12-16)26-6-4-5-22-26)13-24-14-20(21(27)15-24)25-9-7-23(3)8-10-25/h4-6,11-12,20-21,27H,7-10,13-15H2,1-3H3/t20-,21-/m0/s1. The maximum absolute atomic E-state index is 10.7. The van der Waals surface area contributed by atoms with Gasteiger partial charge in [0.25, 0.3) is 0 Å². The molecule has 146 valence electrons. The predicted octanol–water partition coefficient (Wildman–Crippen LogP) is 1.28. The highest BCUT2D eigenvalue weighted by atomic mass is 16.3. The number of rotatable bonds is 4. The first-order valence-electron chi connectivity index (χ1n) is 9.94. The zero-order chi connectivity index (χ0) is 19.0. The average molecular weight is 370 g/mol. The topological polar surface area (TPSA) is 47.8 Å². The zero-order valence-corrected chi connectivity index (χ0v) is 16.7. The van der Waals surface area contributed by atoms with E-state index in [1.807, 2.05) is 23.1 Å². The van der Waals surface area contributed by atoms with Crippen molar-refractivity contribution in [1.82, 2.24) is 24.5 Å². The van der Waals surface area contributed by atoms with Crippen LogP contribution in [0.25, 0.3) is 5.69 Å². The van der Waals surface area contributed by atoms with E-state index in [1.165, 1.54) is 16.7 Å². The van der Waals surface area contributed by atoms with Crippen molar-refractivity contribution in [1.29, 1.82) is 0 Å².